The molecule has 244 valence electrons. The second-order valence-electron chi connectivity index (χ2n) is 10.4. The first kappa shape index (κ1) is 35.4. The van der Waals surface area contributed by atoms with E-state index in [2.05, 4.69) is 52.1 Å². The third kappa shape index (κ3) is 12.8. The highest BCUT2D eigenvalue weighted by Crippen LogP contribution is 2.26. The van der Waals surface area contributed by atoms with E-state index in [1.807, 2.05) is 0 Å². The number of carbonyl (C=O) groups excluding carboxylic acids is 1. The molecule has 0 fully saturated rings. The molecule has 0 bridgehead atoms. The number of carboxylic acid groups (broad SMARTS) is 1. The Hall–Kier alpha value is -4.05. The molecule has 0 radical (unpaired) electrons. The van der Waals surface area contributed by atoms with Gasteiger partial charge >= 0.3 is 18.3 Å². The normalized spacial score (nSPS) is 11.4. The minimum atomic E-state index is -4.61. The standard InChI is InChI=1S/C28H32BrClF3N7O5/c1-27(2,15-36-26(42)43)14-35-22(41)18-5-7-19(8-6-18)37-24-38-23(39-25(40-24)45-16-28(31,32)33)34-13-17-4-9-21(20(30)12-17)44-11-3-10-29/h4-9,12,36H,3,10-11,13-16H2,1-2H3,(H,35,41)(H,42,43)(H2,34,37,38,39,40). The summed E-state index contributed by atoms with van der Waals surface area (Å²) in [6, 6.07) is 10.8. The summed E-state index contributed by atoms with van der Waals surface area (Å²) >= 11 is 9.65. The predicted molar refractivity (Wildman–Crippen MR) is 166 cm³/mol. The topological polar surface area (TPSA) is 160 Å². The van der Waals surface area contributed by atoms with Gasteiger partial charge in [-0.1, -0.05) is 47.4 Å². The Morgan fingerprint density at radius 3 is 2.31 bits per heavy atom. The van der Waals surface area contributed by atoms with Crippen LogP contribution >= 0.6 is 27.5 Å². The lowest BCUT2D eigenvalue weighted by Gasteiger charge is -2.24. The second kappa shape index (κ2) is 16.3. The molecular formula is C28H32BrClF3N7O5. The van der Waals surface area contributed by atoms with Gasteiger partial charge in [0.25, 0.3) is 5.91 Å². The molecule has 0 aliphatic heterocycles. The second-order valence-corrected chi connectivity index (χ2v) is 11.6. The van der Waals surface area contributed by atoms with Gasteiger partial charge in [-0.05, 0) is 53.8 Å². The maximum Gasteiger partial charge on any atom is 0.422 e. The summed E-state index contributed by atoms with van der Waals surface area (Å²) in [4.78, 5) is 35.4. The summed E-state index contributed by atoms with van der Waals surface area (Å²) in [7, 11) is 0. The number of nitrogens with one attached hydrogen (secondary N) is 4. The SMILES string of the molecule is CC(C)(CNC(=O)O)CNC(=O)c1ccc(Nc2nc(NCc3ccc(OCCCBr)c(Cl)c3)nc(OCC(F)(F)F)n2)cc1. The number of anilines is 3. The average Bonchev–Trinajstić information content (AvgIpc) is 2.98. The average molecular weight is 719 g/mol. The van der Waals surface area contributed by atoms with Crippen molar-refractivity contribution in [1.82, 2.24) is 25.6 Å². The van der Waals surface area contributed by atoms with Crippen molar-refractivity contribution in [2.75, 3.05) is 42.3 Å². The molecule has 0 saturated carbocycles. The molecule has 0 aliphatic rings. The quantitative estimate of drug-likeness (QED) is 0.0877. The number of ether oxygens (including phenoxy) is 2. The molecule has 2 amide bonds. The number of nitrogens with zero attached hydrogens (tertiary/aromatic N) is 3. The molecule has 3 rings (SSSR count). The molecule has 0 spiro atoms. The Kier molecular flexibility index (Phi) is 12.8. The van der Waals surface area contributed by atoms with E-state index in [9.17, 15) is 22.8 Å². The summed E-state index contributed by atoms with van der Waals surface area (Å²) in [6.45, 7) is 3.03. The van der Waals surface area contributed by atoms with E-state index in [4.69, 9.17) is 26.2 Å². The molecule has 17 heteroatoms. The van der Waals surface area contributed by atoms with Crippen LogP contribution < -0.4 is 30.7 Å². The molecule has 45 heavy (non-hydrogen) atoms. The molecule has 5 N–H and O–H groups in total. The lowest BCUT2D eigenvalue weighted by Crippen LogP contribution is -2.41. The van der Waals surface area contributed by atoms with Crippen LogP contribution in [0.2, 0.25) is 5.02 Å². The summed E-state index contributed by atoms with van der Waals surface area (Å²) in [5, 5.41) is 20.8. The lowest BCUT2D eigenvalue weighted by molar-refractivity contribution is -0.154. The van der Waals surface area contributed by atoms with Gasteiger partial charge in [-0.3, -0.25) is 4.79 Å². The number of hydrogen-bond donors (Lipinski definition) is 5. The number of carbonyl (C=O) groups is 2. The van der Waals surface area contributed by atoms with Crippen molar-refractivity contribution in [2.45, 2.75) is 33.0 Å². The van der Waals surface area contributed by atoms with Gasteiger partial charge in [0.1, 0.15) is 5.75 Å². The van der Waals surface area contributed by atoms with E-state index in [1.54, 1.807) is 44.2 Å². The van der Waals surface area contributed by atoms with Crippen LogP contribution in [0, 0.1) is 5.41 Å². The highest BCUT2D eigenvalue weighted by atomic mass is 79.9. The lowest BCUT2D eigenvalue weighted by atomic mass is 9.93. The van der Waals surface area contributed by atoms with Crippen molar-refractivity contribution in [2.24, 2.45) is 5.41 Å². The van der Waals surface area contributed by atoms with E-state index in [-0.39, 0.29) is 37.4 Å². The molecule has 2 aromatic carbocycles. The van der Waals surface area contributed by atoms with E-state index in [0.29, 0.717) is 28.6 Å². The van der Waals surface area contributed by atoms with E-state index >= 15 is 0 Å². The Labute approximate surface area is 270 Å². The first-order valence-corrected chi connectivity index (χ1v) is 15.0. The highest BCUT2D eigenvalue weighted by Gasteiger charge is 2.29. The Bertz CT molecular complexity index is 1450. The van der Waals surface area contributed by atoms with Gasteiger partial charge in [0.15, 0.2) is 6.61 Å². The minimum Gasteiger partial charge on any atom is -0.492 e. The maximum absolute atomic E-state index is 12.8. The van der Waals surface area contributed by atoms with Crippen LogP contribution in [-0.2, 0) is 6.54 Å². The van der Waals surface area contributed by atoms with E-state index < -0.39 is 30.3 Å². The Morgan fingerprint density at radius 1 is 0.978 bits per heavy atom. The van der Waals surface area contributed by atoms with Crippen LogP contribution in [0.3, 0.4) is 0 Å². The highest BCUT2D eigenvalue weighted by molar-refractivity contribution is 9.09. The Morgan fingerprint density at radius 2 is 1.67 bits per heavy atom. The van der Waals surface area contributed by atoms with Crippen LogP contribution in [0.1, 0.15) is 36.2 Å². The first-order valence-electron chi connectivity index (χ1n) is 13.5. The van der Waals surface area contributed by atoms with Crippen molar-refractivity contribution >= 4 is 57.1 Å². The fourth-order valence-electron chi connectivity index (χ4n) is 3.52. The molecule has 0 aliphatic carbocycles. The fraction of sp³-hybridized carbons (Fsp3) is 0.393. The van der Waals surface area contributed by atoms with Gasteiger partial charge in [0.05, 0.1) is 11.6 Å². The van der Waals surface area contributed by atoms with Gasteiger partial charge < -0.3 is 35.8 Å². The van der Waals surface area contributed by atoms with Crippen molar-refractivity contribution in [1.29, 1.82) is 0 Å². The number of rotatable bonds is 16. The van der Waals surface area contributed by atoms with Gasteiger partial charge in [-0.2, -0.15) is 28.1 Å². The third-order valence-electron chi connectivity index (χ3n) is 5.81. The van der Waals surface area contributed by atoms with Crippen LogP contribution in [-0.4, -0.2) is 69.9 Å². The van der Waals surface area contributed by atoms with Crippen LogP contribution in [0.15, 0.2) is 42.5 Å². The summed E-state index contributed by atoms with van der Waals surface area (Å²) in [6.07, 6.45) is -4.96. The zero-order valence-corrected chi connectivity index (χ0v) is 26.6. The van der Waals surface area contributed by atoms with Crippen molar-refractivity contribution in [3.63, 3.8) is 0 Å². The molecule has 0 saturated heterocycles. The van der Waals surface area contributed by atoms with Crippen molar-refractivity contribution < 1.29 is 37.3 Å². The van der Waals surface area contributed by atoms with Gasteiger partial charge in [0, 0.05) is 36.2 Å². The number of alkyl halides is 4. The molecule has 1 aromatic heterocycles. The first-order chi connectivity index (χ1) is 21.2. The zero-order valence-electron chi connectivity index (χ0n) is 24.3. The number of benzene rings is 2. The molecule has 0 unspecified atom stereocenters. The molecule has 3 aromatic rings. The van der Waals surface area contributed by atoms with E-state index in [1.165, 1.54) is 12.1 Å². The minimum absolute atomic E-state index is 0.0607. The van der Waals surface area contributed by atoms with Crippen LogP contribution in [0.5, 0.6) is 11.8 Å². The molecule has 1 heterocycles. The third-order valence-corrected chi connectivity index (χ3v) is 6.67. The largest absolute Gasteiger partial charge is 0.492 e. The zero-order chi connectivity index (χ0) is 33.0. The summed E-state index contributed by atoms with van der Waals surface area (Å²) in [5.41, 5.74) is 0.964. The molecule has 0 atom stereocenters. The molecule has 12 nitrogen and oxygen atoms in total. The number of hydrogen-bond acceptors (Lipinski definition) is 9. The van der Waals surface area contributed by atoms with E-state index in [0.717, 1.165) is 17.3 Å². The van der Waals surface area contributed by atoms with Gasteiger partial charge in [-0.15, -0.1) is 0 Å². The maximum atomic E-state index is 12.8. The van der Waals surface area contributed by atoms with Crippen LogP contribution in [0.25, 0.3) is 0 Å². The number of aromatic nitrogens is 3. The monoisotopic (exact) mass is 717 g/mol. The fourth-order valence-corrected chi connectivity index (χ4v) is 4.01. The predicted octanol–water partition coefficient (Wildman–Crippen LogP) is 6.01. The number of halogens is 5. The number of amides is 2. The van der Waals surface area contributed by atoms with Gasteiger partial charge in [0.2, 0.25) is 11.9 Å². The summed E-state index contributed by atoms with van der Waals surface area (Å²) in [5.74, 6) is -0.0214. The molecular weight excluding hydrogens is 687 g/mol. The van der Waals surface area contributed by atoms with Crippen molar-refractivity contribution in [3.8, 4) is 11.8 Å². The Balaban J connectivity index is 1.68. The van der Waals surface area contributed by atoms with Gasteiger partial charge in [-0.25, -0.2) is 4.79 Å². The smallest absolute Gasteiger partial charge is 0.422 e. The summed E-state index contributed by atoms with van der Waals surface area (Å²) < 4.78 is 48.8. The van der Waals surface area contributed by atoms with Crippen LogP contribution in [0.4, 0.5) is 35.5 Å². The van der Waals surface area contributed by atoms with Crippen molar-refractivity contribution in [3.05, 3.63) is 58.6 Å².